The highest BCUT2D eigenvalue weighted by atomic mass is 32.2. The fourth-order valence-electron chi connectivity index (χ4n) is 3.70. The topological polar surface area (TPSA) is 134 Å². The van der Waals surface area contributed by atoms with E-state index in [4.69, 9.17) is 9.63 Å². The second kappa shape index (κ2) is 7.12. The lowest BCUT2D eigenvalue weighted by atomic mass is 9.88. The fourth-order valence-corrected chi connectivity index (χ4v) is 5.20. The van der Waals surface area contributed by atoms with Crippen molar-refractivity contribution in [3.8, 4) is 11.1 Å². The number of benzene rings is 1. The summed E-state index contributed by atoms with van der Waals surface area (Å²) in [4.78, 5) is 15.1. The van der Waals surface area contributed by atoms with Crippen LogP contribution in [0.1, 0.15) is 24.3 Å². The van der Waals surface area contributed by atoms with Gasteiger partial charge < -0.3 is 14.9 Å². The van der Waals surface area contributed by atoms with Gasteiger partial charge in [0.05, 0.1) is 16.1 Å². The molecular weight excluding hydrogens is 396 g/mol. The lowest BCUT2D eigenvalue weighted by Crippen LogP contribution is -2.53. The van der Waals surface area contributed by atoms with Gasteiger partial charge in [0.2, 0.25) is 10.0 Å². The number of carbonyl (C=O) groups is 1. The Bertz CT molecular complexity index is 1180. The zero-order valence-corrected chi connectivity index (χ0v) is 16.7. The van der Waals surface area contributed by atoms with Gasteiger partial charge in [-0.2, -0.15) is 0 Å². The lowest BCUT2D eigenvalue weighted by Gasteiger charge is -2.35. The van der Waals surface area contributed by atoms with Gasteiger partial charge in [-0.05, 0) is 56.5 Å². The maximum Gasteiger partial charge on any atom is 0.404 e. The van der Waals surface area contributed by atoms with Gasteiger partial charge >= 0.3 is 6.09 Å². The first-order chi connectivity index (χ1) is 13.7. The molecule has 0 spiro atoms. The van der Waals surface area contributed by atoms with E-state index in [1.54, 1.807) is 38.2 Å². The van der Waals surface area contributed by atoms with E-state index >= 15 is 0 Å². The first-order valence-electron chi connectivity index (χ1n) is 9.08. The second-order valence-electron chi connectivity index (χ2n) is 7.18. The van der Waals surface area contributed by atoms with E-state index in [2.05, 4.69) is 20.2 Å². The van der Waals surface area contributed by atoms with E-state index in [1.807, 2.05) is 6.07 Å². The summed E-state index contributed by atoms with van der Waals surface area (Å²) in [6, 6.07) is 6.25. The van der Waals surface area contributed by atoms with Gasteiger partial charge in [0, 0.05) is 29.2 Å². The molecule has 0 saturated heterocycles. The SMILES string of the molecule is Cc1noc(C)c1-c1cc(S(=O)(=O)NC2CC(NC(=O)O)C2)c2cccnc2c1. The third kappa shape index (κ3) is 3.68. The van der Waals surface area contributed by atoms with Gasteiger partial charge in [-0.3, -0.25) is 4.98 Å². The average Bonchev–Trinajstić information content (AvgIpc) is 2.97. The summed E-state index contributed by atoms with van der Waals surface area (Å²) in [5.41, 5.74) is 2.61. The molecule has 0 aliphatic heterocycles. The highest BCUT2D eigenvalue weighted by molar-refractivity contribution is 7.89. The molecule has 29 heavy (non-hydrogen) atoms. The van der Waals surface area contributed by atoms with Crippen LogP contribution in [0.15, 0.2) is 39.9 Å². The van der Waals surface area contributed by atoms with E-state index in [0.29, 0.717) is 40.8 Å². The normalized spacial score (nSPS) is 19.1. The Kier molecular flexibility index (Phi) is 4.75. The predicted octanol–water partition coefficient (Wildman–Crippen LogP) is 2.58. The molecule has 1 amide bonds. The number of fused-ring (bicyclic) bond motifs is 1. The Morgan fingerprint density at radius 3 is 2.66 bits per heavy atom. The minimum absolute atomic E-state index is 0.118. The Labute approximate surface area is 167 Å². The molecule has 1 aromatic carbocycles. The van der Waals surface area contributed by atoms with Crippen molar-refractivity contribution >= 4 is 27.0 Å². The number of aromatic nitrogens is 2. The lowest BCUT2D eigenvalue weighted by molar-refractivity contribution is 0.176. The number of hydrogen-bond acceptors (Lipinski definition) is 6. The van der Waals surface area contributed by atoms with Crippen LogP contribution in [0.2, 0.25) is 0 Å². The largest absolute Gasteiger partial charge is 0.465 e. The first kappa shape index (κ1) is 19.3. The van der Waals surface area contributed by atoms with E-state index in [-0.39, 0.29) is 17.0 Å². The zero-order chi connectivity index (χ0) is 20.8. The van der Waals surface area contributed by atoms with Gasteiger partial charge in [0.25, 0.3) is 0 Å². The molecule has 0 bridgehead atoms. The minimum atomic E-state index is -3.85. The van der Waals surface area contributed by atoms with Crippen molar-refractivity contribution in [3.63, 3.8) is 0 Å². The number of nitrogens with one attached hydrogen (secondary N) is 2. The van der Waals surface area contributed by atoms with Crippen LogP contribution in [0.25, 0.3) is 22.0 Å². The van der Waals surface area contributed by atoms with Crippen LogP contribution >= 0.6 is 0 Å². The third-order valence-electron chi connectivity index (χ3n) is 5.08. The van der Waals surface area contributed by atoms with Gasteiger partial charge in [0.1, 0.15) is 5.76 Å². The molecule has 2 aromatic heterocycles. The van der Waals surface area contributed by atoms with E-state index in [0.717, 1.165) is 5.56 Å². The molecule has 0 atom stereocenters. The second-order valence-corrected chi connectivity index (χ2v) is 8.86. The van der Waals surface area contributed by atoms with Crippen LogP contribution in [0.3, 0.4) is 0 Å². The van der Waals surface area contributed by atoms with E-state index in [9.17, 15) is 13.2 Å². The number of nitrogens with zero attached hydrogens (tertiary/aromatic N) is 2. The van der Waals surface area contributed by atoms with Gasteiger partial charge in [-0.25, -0.2) is 17.9 Å². The zero-order valence-electron chi connectivity index (χ0n) is 15.8. The summed E-state index contributed by atoms with van der Waals surface area (Å²) >= 11 is 0. The molecule has 2 heterocycles. The molecule has 1 fully saturated rings. The van der Waals surface area contributed by atoms with Crippen LogP contribution < -0.4 is 10.0 Å². The van der Waals surface area contributed by atoms with Crippen molar-refractivity contribution in [1.29, 1.82) is 0 Å². The molecule has 152 valence electrons. The van der Waals surface area contributed by atoms with Gasteiger partial charge in [-0.15, -0.1) is 0 Å². The van der Waals surface area contributed by atoms with Crippen molar-refractivity contribution in [2.45, 2.75) is 43.7 Å². The van der Waals surface area contributed by atoms with Crippen molar-refractivity contribution in [2.24, 2.45) is 0 Å². The summed E-state index contributed by atoms with van der Waals surface area (Å²) in [5, 5.41) is 15.6. The molecule has 4 rings (SSSR count). The fraction of sp³-hybridized carbons (Fsp3) is 0.316. The third-order valence-corrected chi connectivity index (χ3v) is 6.64. The summed E-state index contributed by atoms with van der Waals surface area (Å²) in [6.07, 6.45) is 1.31. The Morgan fingerprint density at radius 2 is 2.00 bits per heavy atom. The van der Waals surface area contributed by atoms with Crippen molar-refractivity contribution < 1.29 is 22.8 Å². The van der Waals surface area contributed by atoms with Crippen LogP contribution in [-0.2, 0) is 10.0 Å². The number of amides is 1. The molecule has 3 N–H and O–H groups in total. The van der Waals surface area contributed by atoms with Crippen molar-refractivity contribution in [2.75, 3.05) is 0 Å². The Balaban J connectivity index is 1.72. The molecule has 3 aromatic rings. The molecule has 1 aliphatic rings. The van der Waals surface area contributed by atoms with E-state index < -0.39 is 16.1 Å². The summed E-state index contributed by atoms with van der Waals surface area (Å²) in [7, 11) is -3.85. The van der Waals surface area contributed by atoms with Gasteiger partial charge in [0.15, 0.2) is 0 Å². The van der Waals surface area contributed by atoms with Crippen LogP contribution in [-0.4, -0.2) is 41.8 Å². The first-order valence-corrected chi connectivity index (χ1v) is 10.6. The molecule has 1 aliphatic carbocycles. The maximum atomic E-state index is 13.2. The number of pyridine rings is 1. The van der Waals surface area contributed by atoms with Crippen molar-refractivity contribution in [3.05, 3.63) is 41.9 Å². The highest BCUT2D eigenvalue weighted by Crippen LogP contribution is 2.33. The average molecular weight is 416 g/mol. The van der Waals surface area contributed by atoms with Crippen LogP contribution in [0.4, 0.5) is 4.79 Å². The monoisotopic (exact) mass is 416 g/mol. The van der Waals surface area contributed by atoms with Crippen molar-refractivity contribution in [1.82, 2.24) is 20.2 Å². The number of sulfonamides is 1. The standard InChI is InChI=1S/C19H20N4O5S/c1-10-18(11(2)28-22-10)12-6-16-15(4-3-5-20-16)17(7-12)29(26,27)23-14-8-13(9-14)21-19(24)25/h3-7,13-14,21,23H,8-9H2,1-2H3,(H,24,25). The molecule has 9 nitrogen and oxygen atoms in total. The number of aryl methyl sites for hydroxylation is 2. The summed E-state index contributed by atoms with van der Waals surface area (Å²) < 4.78 is 34.2. The smallest absolute Gasteiger partial charge is 0.404 e. The maximum absolute atomic E-state index is 13.2. The highest BCUT2D eigenvalue weighted by Gasteiger charge is 2.34. The quantitative estimate of drug-likeness (QED) is 0.582. The molecule has 10 heteroatoms. The van der Waals surface area contributed by atoms with Gasteiger partial charge in [-0.1, -0.05) is 5.16 Å². The Hall–Kier alpha value is -2.98. The summed E-state index contributed by atoms with van der Waals surface area (Å²) in [5.74, 6) is 0.593. The molecular formula is C19H20N4O5S. The molecule has 1 saturated carbocycles. The number of rotatable bonds is 5. The van der Waals surface area contributed by atoms with E-state index in [1.165, 1.54) is 0 Å². The predicted molar refractivity (Wildman–Crippen MR) is 105 cm³/mol. The molecule has 0 unspecified atom stereocenters. The number of hydrogen-bond donors (Lipinski definition) is 3. The van der Waals surface area contributed by atoms with Crippen LogP contribution in [0.5, 0.6) is 0 Å². The minimum Gasteiger partial charge on any atom is -0.465 e. The molecule has 0 radical (unpaired) electrons. The Morgan fingerprint density at radius 1 is 1.24 bits per heavy atom. The van der Waals surface area contributed by atoms with Crippen LogP contribution in [0, 0.1) is 13.8 Å². The number of carboxylic acid groups (broad SMARTS) is 1. The summed E-state index contributed by atoms with van der Waals surface area (Å²) in [6.45, 7) is 3.57.